The molecule has 0 atom stereocenters. The summed E-state index contributed by atoms with van der Waals surface area (Å²) in [6.45, 7) is 5.09. The fraction of sp³-hybridized carbons (Fsp3) is 0.462. The van der Waals surface area contributed by atoms with Gasteiger partial charge in [-0.25, -0.2) is 14.6 Å². The van der Waals surface area contributed by atoms with Crippen LogP contribution in [0.2, 0.25) is 0 Å². The molecule has 7 heteroatoms. The number of thiazole rings is 1. The summed E-state index contributed by atoms with van der Waals surface area (Å²) in [6, 6.07) is 0. The van der Waals surface area contributed by atoms with Gasteiger partial charge < -0.3 is 14.8 Å². The van der Waals surface area contributed by atoms with E-state index in [9.17, 15) is 9.59 Å². The fourth-order valence-electron chi connectivity index (χ4n) is 1.63. The summed E-state index contributed by atoms with van der Waals surface area (Å²) in [4.78, 5) is 27.6. The normalized spacial score (nSPS) is 17.4. The predicted molar refractivity (Wildman–Crippen MR) is 74.1 cm³/mol. The van der Waals surface area contributed by atoms with Crippen LogP contribution in [-0.4, -0.2) is 22.7 Å². The number of rotatable bonds is 4. The van der Waals surface area contributed by atoms with Gasteiger partial charge in [-0.05, 0) is 12.8 Å². The summed E-state index contributed by atoms with van der Waals surface area (Å²) < 4.78 is 9.97. The van der Waals surface area contributed by atoms with Crippen molar-refractivity contribution in [1.29, 1.82) is 0 Å². The van der Waals surface area contributed by atoms with Gasteiger partial charge in [0, 0.05) is 20.0 Å². The Labute approximate surface area is 120 Å². The topological polar surface area (TPSA) is 77.5 Å². The van der Waals surface area contributed by atoms with E-state index in [1.54, 1.807) is 6.20 Å². The maximum absolute atomic E-state index is 11.7. The minimum absolute atomic E-state index is 0.158. The van der Waals surface area contributed by atoms with Gasteiger partial charge >= 0.3 is 11.9 Å². The molecule has 2 heterocycles. The molecule has 0 aliphatic carbocycles. The summed E-state index contributed by atoms with van der Waals surface area (Å²) in [7, 11) is 0. The maximum atomic E-state index is 11.7. The van der Waals surface area contributed by atoms with Gasteiger partial charge in [-0.3, -0.25) is 0 Å². The van der Waals surface area contributed by atoms with E-state index in [1.807, 2.05) is 0 Å². The number of carbonyl (C=O) groups excluding carboxylic acids is 2. The molecule has 1 aromatic rings. The van der Waals surface area contributed by atoms with E-state index >= 15 is 0 Å². The Morgan fingerprint density at radius 2 is 2.00 bits per heavy atom. The van der Waals surface area contributed by atoms with E-state index in [0.717, 1.165) is 22.9 Å². The lowest BCUT2D eigenvalue weighted by molar-refractivity contribution is -0.222. The lowest BCUT2D eigenvalue weighted by atomic mass is 10.2. The Bertz CT molecular complexity index is 540. The monoisotopic (exact) mass is 296 g/mol. The molecular formula is C13H16N2O4S. The third-order valence-electron chi connectivity index (χ3n) is 2.49. The third-order valence-corrected chi connectivity index (χ3v) is 3.48. The zero-order valence-corrected chi connectivity index (χ0v) is 12.4. The van der Waals surface area contributed by atoms with Crippen molar-refractivity contribution in [3.63, 3.8) is 0 Å². The molecule has 0 saturated carbocycles. The van der Waals surface area contributed by atoms with E-state index < -0.39 is 17.7 Å². The number of esters is 2. The quantitative estimate of drug-likeness (QED) is 0.521. The first-order valence-electron chi connectivity index (χ1n) is 6.29. The maximum Gasteiger partial charge on any atom is 0.350 e. The van der Waals surface area contributed by atoms with Crippen LogP contribution >= 0.6 is 11.3 Å². The molecular weight excluding hydrogens is 280 g/mol. The highest BCUT2D eigenvalue weighted by Crippen LogP contribution is 2.24. The summed E-state index contributed by atoms with van der Waals surface area (Å²) in [6.07, 6.45) is 4.88. The number of cyclic esters (lactones) is 2. The van der Waals surface area contributed by atoms with Crippen molar-refractivity contribution < 1.29 is 19.1 Å². The Balaban J connectivity index is 2.07. The van der Waals surface area contributed by atoms with E-state index in [1.165, 1.54) is 31.4 Å². The number of hydrogen-bond donors (Lipinski definition) is 1. The lowest BCUT2D eigenvalue weighted by Crippen LogP contribution is -2.42. The fourth-order valence-corrected chi connectivity index (χ4v) is 2.52. The molecule has 0 amide bonds. The van der Waals surface area contributed by atoms with E-state index in [-0.39, 0.29) is 5.57 Å². The van der Waals surface area contributed by atoms with Gasteiger partial charge in [0.2, 0.25) is 0 Å². The van der Waals surface area contributed by atoms with Crippen LogP contribution in [0, 0.1) is 0 Å². The van der Waals surface area contributed by atoms with Gasteiger partial charge in [0.25, 0.3) is 5.79 Å². The summed E-state index contributed by atoms with van der Waals surface area (Å²) in [5.74, 6) is -2.61. The van der Waals surface area contributed by atoms with Gasteiger partial charge in [0.15, 0.2) is 5.57 Å². The Hall–Kier alpha value is -1.89. The Morgan fingerprint density at radius 1 is 1.35 bits per heavy atom. The smallest absolute Gasteiger partial charge is 0.350 e. The Morgan fingerprint density at radius 3 is 2.60 bits per heavy atom. The molecule has 6 nitrogen and oxygen atoms in total. The molecule has 0 spiro atoms. The number of ether oxygens (including phenoxy) is 2. The number of anilines is 1. The molecule has 0 aromatic carbocycles. The van der Waals surface area contributed by atoms with Crippen molar-refractivity contribution in [3.8, 4) is 0 Å². The largest absolute Gasteiger partial charge is 0.419 e. The van der Waals surface area contributed by atoms with Crippen LogP contribution in [0.3, 0.4) is 0 Å². The predicted octanol–water partition coefficient (Wildman–Crippen LogP) is 2.23. The third kappa shape index (κ3) is 3.36. The minimum atomic E-state index is -1.22. The van der Waals surface area contributed by atoms with Crippen molar-refractivity contribution in [3.05, 3.63) is 23.0 Å². The summed E-state index contributed by atoms with van der Waals surface area (Å²) >= 11 is 1.48. The average Bonchev–Trinajstić information content (AvgIpc) is 2.74. The van der Waals surface area contributed by atoms with E-state index in [2.05, 4.69) is 17.2 Å². The molecule has 1 fully saturated rings. The number of aromatic nitrogens is 1. The van der Waals surface area contributed by atoms with E-state index in [4.69, 9.17) is 9.47 Å². The molecule has 1 aliphatic heterocycles. The van der Waals surface area contributed by atoms with Gasteiger partial charge in [-0.1, -0.05) is 6.92 Å². The highest BCUT2D eigenvalue weighted by Gasteiger charge is 2.38. The van der Waals surface area contributed by atoms with E-state index in [0.29, 0.717) is 0 Å². The van der Waals surface area contributed by atoms with Crippen LogP contribution in [0.1, 0.15) is 32.2 Å². The van der Waals surface area contributed by atoms with Crippen molar-refractivity contribution in [2.45, 2.75) is 39.4 Å². The zero-order chi connectivity index (χ0) is 14.8. The Kier molecular flexibility index (Phi) is 4.08. The van der Waals surface area contributed by atoms with Crippen LogP contribution in [0.4, 0.5) is 5.00 Å². The molecule has 1 aliphatic rings. The molecule has 20 heavy (non-hydrogen) atoms. The first-order chi connectivity index (χ1) is 9.41. The number of carbonyl (C=O) groups is 2. The molecule has 0 radical (unpaired) electrons. The molecule has 2 rings (SSSR count). The molecule has 1 aromatic heterocycles. The van der Waals surface area contributed by atoms with Crippen molar-refractivity contribution in [2.24, 2.45) is 0 Å². The molecule has 0 bridgehead atoms. The second-order valence-corrected chi connectivity index (χ2v) is 5.86. The number of hydrogen-bond acceptors (Lipinski definition) is 7. The van der Waals surface area contributed by atoms with Crippen molar-refractivity contribution in [2.75, 3.05) is 5.32 Å². The zero-order valence-electron chi connectivity index (χ0n) is 11.6. The highest BCUT2D eigenvalue weighted by atomic mass is 32.1. The first-order valence-corrected chi connectivity index (χ1v) is 7.11. The molecule has 1 saturated heterocycles. The number of nitrogens with one attached hydrogen (secondary N) is 1. The van der Waals surface area contributed by atoms with Gasteiger partial charge in [-0.2, -0.15) is 0 Å². The summed E-state index contributed by atoms with van der Waals surface area (Å²) in [5, 5.41) is 4.63. The second-order valence-electron chi connectivity index (χ2n) is 4.75. The molecule has 108 valence electrons. The van der Waals surface area contributed by atoms with Gasteiger partial charge in [-0.15, -0.1) is 11.3 Å². The second kappa shape index (κ2) is 5.62. The summed E-state index contributed by atoms with van der Waals surface area (Å²) in [5.41, 5.74) is -0.158. The average molecular weight is 296 g/mol. The van der Waals surface area contributed by atoms with Crippen LogP contribution in [0.15, 0.2) is 18.0 Å². The van der Waals surface area contributed by atoms with Gasteiger partial charge in [0.1, 0.15) is 5.00 Å². The standard InChI is InChI=1S/C13H16N2O4S/c1-4-5-9-15-7-10(20-9)14-6-8-11(16)18-13(2,3)19-12(8)17/h6-7,14H,4-5H2,1-3H3. The highest BCUT2D eigenvalue weighted by molar-refractivity contribution is 7.15. The number of aryl methyl sites for hydroxylation is 1. The number of nitrogens with zero attached hydrogens (tertiary/aromatic N) is 1. The van der Waals surface area contributed by atoms with Crippen LogP contribution in [0.5, 0.6) is 0 Å². The molecule has 1 N–H and O–H groups in total. The SMILES string of the molecule is CCCc1ncc(NC=C2C(=O)OC(C)(C)OC2=O)s1. The lowest BCUT2D eigenvalue weighted by Gasteiger charge is -2.29. The van der Waals surface area contributed by atoms with Gasteiger partial charge in [0.05, 0.1) is 11.2 Å². The first kappa shape index (κ1) is 14.5. The van der Waals surface area contributed by atoms with Crippen molar-refractivity contribution >= 4 is 28.3 Å². The van der Waals surface area contributed by atoms with Crippen LogP contribution in [-0.2, 0) is 25.5 Å². The van der Waals surface area contributed by atoms with Crippen molar-refractivity contribution in [1.82, 2.24) is 4.98 Å². The molecule has 0 unspecified atom stereocenters. The van der Waals surface area contributed by atoms with Crippen LogP contribution in [0.25, 0.3) is 0 Å². The minimum Gasteiger partial charge on any atom is -0.419 e. The van der Waals surface area contributed by atoms with Crippen LogP contribution < -0.4 is 5.32 Å².